The van der Waals surface area contributed by atoms with Gasteiger partial charge in [-0.15, -0.1) is 0 Å². The lowest BCUT2D eigenvalue weighted by atomic mass is 9.70. The zero-order valence-corrected chi connectivity index (χ0v) is 22.6. The highest BCUT2D eigenvalue weighted by atomic mass is 19.4. The Balaban J connectivity index is 1.31. The Morgan fingerprint density at radius 3 is 2.67 bits per heavy atom. The van der Waals surface area contributed by atoms with Crippen LogP contribution >= 0.6 is 0 Å². The quantitative estimate of drug-likeness (QED) is 0.571. The normalized spacial score (nSPS) is 30.6. The lowest BCUT2D eigenvalue weighted by Crippen LogP contribution is -2.53. The fourth-order valence-electron chi connectivity index (χ4n) is 7.18. The van der Waals surface area contributed by atoms with Crippen molar-refractivity contribution in [1.82, 2.24) is 29.6 Å². The molecular weight excluding hydrogens is 513 g/mol. The van der Waals surface area contributed by atoms with Gasteiger partial charge in [-0.2, -0.15) is 13.2 Å². The Morgan fingerprint density at radius 2 is 2.00 bits per heavy atom. The average molecular weight is 553 g/mol. The molecular formula is C27H39F3N6O3. The summed E-state index contributed by atoms with van der Waals surface area (Å²) in [6, 6.07) is 1.08. The van der Waals surface area contributed by atoms with E-state index >= 15 is 0 Å². The topological polar surface area (TPSA) is 75.4 Å². The minimum atomic E-state index is -4.56. The number of imidazole rings is 1. The van der Waals surface area contributed by atoms with E-state index in [2.05, 4.69) is 27.7 Å². The average Bonchev–Trinajstić information content (AvgIpc) is 3.43. The molecule has 12 heteroatoms. The molecule has 0 radical (unpaired) electrons. The molecule has 1 aliphatic carbocycles. The van der Waals surface area contributed by atoms with Gasteiger partial charge in [0.05, 0.1) is 49.8 Å². The van der Waals surface area contributed by atoms with Gasteiger partial charge in [-0.05, 0) is 56.7 Å². The number of hydrogen-bond donors (Lipinski definition) is 2. The summed E-state index contributed by atoms with van der Waals surface area (Å²) in [6.45, 7) is 6.35. The van der Waals surface area contributed by atoms with E-state index in [0.717, 1.165) is 45.6 Å². The fraction of sp³-hybridized carbons (Fsp3) is 0.741. The highest BCUT2D eigenvalue weighted by Crippen LogP contribution is 2.43. The van der Waals surface area contributed by atoms with E-state index in [1.807, 2.05) is 6.92 Å². The molecule has 1 saturated carbocycles. The summed E-state index contributed by atoms with van der Waals surface area (Å²) in [5.41, 5.74) is 5.92. The molecule has 3 aliphatic heterocycles. The number of rotatable bonds is 6. The Hall–Kier alpha value is -1.96. The zero-order chi connectivity index (χ0) is 27.3. The second-order valence-electron chi connectivity index (χ2n) is 11.9. The van der Waals surface area contributed by atoms with Gasteiger partial charge in [0.2, 0.25) is 0 Å². The number of aromatic nitrogens is 2. The van der Waals surface area contributed by atoms with E-state index in [-0.39, 0.29) is 29.5 Å². The molecule has 4 aliphatic rings. The van der Waals surface area contributed by atoms with Crippen molar-refractivity contribution in [3.8, 4) is 0 Å². The lowest BCUT2D eigenvalue weighted by Gasteiger charge is -2.45. The summed E-state index contributed by atoms with van der Waals surface area (Å²) in [4.78, 5) is 18.0. The highest BCUT2D eigenvalue weighted by Gasteiger charge is 2.44. The van der Waals surface area contributed by atoms with Crippen molar-refractivity contribution < 1.29 is 22.6 Å². The molecule has 3 unspecified atom stereocenters. The van der Waals surface area contributed by atoms with Gasteiger partial charge in [-0.3, -0.25) is 18.8 Å². The largest absolute Gasteiger partial charge is 0.418 e. The molecule has 39 heavy (non-hydrogen) atoms. The van der Waals surface area contributed by atoms with Gasteiger partial charge in [-0.1, -0.05) is 6.42 Å². The van der Waals surface area contributed by atoms with Gasteiger partial charge >= 0.3 is 11.9 Å². The van der Waals surface area contributed by atoms with Crippen molar-refractivity contribution in [1.29, 1.82) is 0 Å². The van der Waals surface area contributed by atoms with Crippen LogP contribution in [0, 0.1) is 17.8 Å². The first-order chi connectivity index (χ1) is 18.7. The summed E-state index contributed by atoms with van der Waals surface area (Å²) in [7, 11) is 2.09. The van der Waals surface area contributed by atoms with E-state index in [9.17, 15) is 18.0 Å². The Kier molecular flexibility index (Phi) is 7.53. The molecule has 0 aromatic carbocycles. The van der Waals surface area contributed by atoms with Gasteiger partial charge in [0, 0.05) is 44.0 Å². The summed E-state index contributed by atoms with van der Waals surface area (Å²) < 4.78 is 56.7. The smallest absolute Gasteiger partial charge is 0.381 e. The number of fused-ring (bicyclic) bond motifs is 1. The number of halogens is 3. The van der Waals surface area contributed by atoms with Gasteiger partial charge in [0.25, 0.3) is 0 Å². The van der Waals surface area contributed by atoms with Crippen LogP contribution in [0.1, 0.15) is 49.8 Å². The summed E-state index contributed by atoms with van der Waals surface area (Å²) in [6.07, 6.45) is 2.21. The second kappa shape index (κ2) is 10.8. The lowest BCUT2D eigenvalue weighted by molar-refractivity contribution is -0.136. The molecule has 4 fully saturated rings. The first-order valence-electron chi connectivity index (χ1n) is 14.1. The Labute approximate surface area is 226 Å². The van der Waals surface area contributed by atoms with Crippen molar-refractivity contribution in [2.45, 2.75) is 63.6 Å². The molecule has 9 nitrogen and oxygen atoms in total. The number of alkyl halides is 3. The SMILES string of the molecule is C[C@@H]1CN(Cc2cc(C(F)(F)F)c3cn(C4CCCC([C@@H](C5COC5)C5NNCN5C)C4)c(=O)n3c2)CCO1. The molecule has 6 rings (SSSR count). The maximum Gasteiger partial charge on any atom is 0.418 e. The van der Waals surface area contributed by atoms with E-state index in [4.69, 9.17) is 9.47 Å². The second-order valence-corrected chi connectivity index (χ2v) is 11.9. The van der Waals surface area contributed by atoms with Gasteiger partial charge in [0.1, 0.15) is 0 Å². The van der Waals surface area contributed by atoms with E-state index < -0.39 is 11.7 Å². The van der Waals surface area contributed by atoms with Crippen molar-refractivity contribution >= 4 is 5.52 Å². The molecule has 2 N–H and O–H groups in total. The third-order valence-corrected chi connectivity index (χ3v) is 9.14. The number of nitrogens with zero attached hydrogens (tertiary/aromatic N) is 4. The maximum absolute atomic E-state index is 14.2. The summed E-state index contributed by atoms with van der Waals surface area (Å²) >= 11 is 0. The van der Waals surface area contributed by atoms with Gasteiger partial charge in [0.15, 0.2) is 0 Å². The first-order valence-corrected chi connectivity index (χ1v) is 14.1. The van der Waals surface area contributed by atoms with Crippen LogP contribution in [0.3, 0.4) is 0 Å². The van der Waals surface area contributed by atoms with Crippen LogP contribution in [0.25, 0.3) is 5.52 Å². The molecule has 5 heterocycles. The van der Waals surface area contributed by atoms with Crippen LogP contribution in [0.15, 0.2) is 23.3 Å². The number of nitrogens with one attached hydrogen (secondary N) is 2. The van der Waals surface area contributed by atoms with Crippen LogP contribution in [-0.4, -0.2) is 77.7 Å². The number of pyridine rings is 1. The van der Waals surface area contributed by atoms with Crippen molar-refractivity contribution in [3.63, 3.8) is 0 Å². The molecule has 3 saturated heterocycles. The van der Waals surface area contributed by atoms with Crippen LogP contribution in [0.5, 0.6) is 0 Å². The van der Waals surface area contributed by atoms with E-state index in [1.165, 1.54) is 16.7 Å². The first kappa shape index (κ1) is 27.2. The predicted octanol–water partition coefficient (Wildman–Crippen LogP) is 2.66. The van der Waals surface area contributed by atoms with Gasteiger partial charge in [-0.25, -0.2) is 15.6 Å². The summed E-state index contributed by atoms with van der Waals surface area (Å²) in [5, 5.41) is 0. The molecule has 0 spiro atoms. The molecule has 2 aromatic rings. The van der Waals surface area contributed by atoms with Crippen LogP contribution in [-0.2, 0) is 22.2 Å². The highest BCUT2D eigenvalue weighted by molar-refractivity contribution is 5.56. The number of hydrogen-bond acceptors (Lipinski definition) is 7. The monoisotopic (exact) mass is 552 g/mol. The number of hydrazine groups is 1. The minimum absolute atomic E-state index is 0.0259. The van der Waals surface area contributed by atoms with Crippen LogP contribution in [0.2, 0.25) is 0 Å². The zero-order valence-electron chi connectivity index (χ0n) is 22.6. The van der Waals surface area contributed by atoms with Crippen molar-refractivity contribution in [3.05, 3.63) is 40.1 Å². The van der Waals surface area contributed by atoms with Crippen LogP contribution < -0.4 is 16.5 Å². The molecule has 0 amide bonds. The number of morpholine rings is 1. The van der Waals surface area contributed by atoms with Crippen molar-refractivity contribution in [2.24, 2.45) is 17.8 Å². The van der Waals surface area contributed by atoms with E-state index in [0.29, 0.717) is 49.6 Å². The Morgan fingerprint density at radius 1 is 1.18 bits per heavy atom. The molecule has 5 atom stereocenters. The maximum atomic E-state index is 14.2. The summed E-state index contributed by atoms with van der Waals surface area (Å²) in [5.74, 6) is 1.11. The third-order valence-electron chi connectivity index (χ3n) is 9.14. The van der Waals surface area contributed by atoms with Gasteiger partial charge < -0.3 is 9.47 Å². The molecule has 2 aromatic heterocycles. The van der Waals surface area contributed by atoms with Crippen LogP contribution in [0.4, 0.5) is 13.2 Å². The standard InChI is InChI=1S/C27H39F3N6O3/c1-17-10-34(6-7-39-17)11-18-8-22(27(28,29)30)23-13-35(26(37)36(23)12-18)21-5-3-4-19(9-21)24(20-14-38-15-20)25-32-31-16-33(25)2/h8,12-13,17,19-21,24-25,31-32H,3-7,9-11,14-16H2,1-2H3/t17-,19?,21?,24+,25?/m1/s1. The predicted molar refractivity (Wildman–Crippen MR) is 139 cm³/mol. The fourth-order valence-corrected chi connectivity index (χ4v) is 7.18. The number of ether oxygens (including phenoxy) is 2. The third kappa shape index (κ3) is 5.39. The minimum Gasteiger partial charge on any atom is -0.381 e. The molecule has 216 valence electrons. The van der Waals surface area contributed by atoms with E-state index in [1.54, 1.807) is 10.8 Å². The van der Waals surface area contributed by atoms with Crippen molar-refractivity contribution in [2.75, 3.05) is 46.6 Å². The molecule has 0 bridgehead atoms. The Bertz CT molecular complexity index is 1230.